The van der Waals surface area contributed by atoms with Gasteiger partial charge in [0.05, 0.1) is 5.66 Å². The Labute approximate surface area is 125 Å². The largest absolute Gasteiger partial charge is 0.317 e. The Bertz CT molecular complexity index is 300. The molecule has 2 heterocycles. The van der Waals surface area contributed by atoms with Gasteiger partial charge in [0.1, 0.15) is 0 Å². The minimum atomic E-state index is -0.171. The number of rotatable bonds is 4. The summed E-state index contributed by atoms with van der Waals surface area (Å²) in [6.45, 7) is 13.9. The van der Waals surface area contributed by atoms with Gasteiger partial charge >= 0.3 is 0 Å². The quantitative estimate of drug-likeness (QED) is 0.816. The van der Waals surface area contributed by atoms with Gasteiger partial charge < -0.3 is 16.0 Å². The maximum Gasteiger partial charge on any atom is 0.0664 e. The van der Waals surface area contributed by atoms with Crippen molar-refractivity contribution in [1.82, 2.24) is 15.1 Å². The number of hydrogen-bond acceptors (Lipinski definition) is 4. The third-order valence-corrected chi connectivity index (χ3v) is 5.48. The molecule has 0 bridgehead atoms. The monoisotopic (exact) mass is 282 g/mol. The van der Waals surface area contributed by atoms with Crippen molar-refractivity contribution in [1.29, 1.82) is 0 Å². The fourth-order valence-corrected chi connectivity index (χ4v) is 4.10. The van der Waals surface area contributed by atoms with Crippen LogP contribution in [-0.2, 0) is 0 Å². The summed E-state index contributed by atoms with van der Waals surface area (Å²) < 4.78 is 0. The number of nitrogens with zero attached hydrogens (tertiary/aromatic N) is 2. The third-order valence-electron chi connectivity index (χ3n) is 5.48. The van der Waals surface area contributed by atoms with Gasteiger partial charge in [-0.1, -0.05) is 13.8 Å². The lowest BCUT2D eigenvalue weighted by Gasteiger charge is -2.48. The molecule has 0 amide bonds. The first kappa shape index (κ1) is 16.2. The van der Waals surface area contributed by atoms with Crippen molar-refractivity contribution in [3.05, 3.63) is 0 Å². The van der Waals surface area contributed by atoms with Crippen LogP contribution in [0.2, 0.25) is 0 Å². The average Bonchev–Trinajstić information content (AvgIpc) is 2.39. The van der Waals surface area contributed by atoms with Gasteiger partial charge in [0.15, 0.2) is 0 Å². The molecule has 2 rings (SSSR count). The summed E-state index contributed by atoms with van der Waals surface area (Å²) in [6.07, 6.45) is 3.69. The van der Waals surface area contributed by atoms with Crippen LogP contribution < -0.4 is 11.1 Å². The van der Waals surface area contributed by atoms with Crippen molar-refractivity contribution in [3.8, 4) is 0 Å². The van der Waals surface area contributed by atoms with E-state index in [-0.39, 0.29) is 5.66 Å². The molecule has 118 valence electrons. The van der Waals surface area contributed by atoms with Gasteiger partial charge in [0, 0.05) is 26.2 Å². The van der Waals surface area contributed by atoms with E-state index in [1.54, 1.807) is 0 Å². The normalized spacial score (nSPS) is 27.4. The van der Waals surface area contributed by atoms with Crippen LogP contribution >= 0.6 is 0 Å². The molecule has 2 aliphatic rings. The van der Waals surface area contributed by atoms with Crippen molar-refractivity contribution >= 4 is 0 Å². The first-order chi connectivity index (χ1) is 9.31. The number of nitrogens with two attached hydrogens (primary N) is 1. The predicted octanol–water partition coefficient (Wildman–Crippen LogP) is 1.32. The summed E-state index contributed by atoms with van der Waals surface area (Å²) in [5, 5.41) is 3.47. The molecule has 20 heavy (non-hydrogen) atoms. The van der Waals surface area contributed by atoms with Crippen LogP contribution in [0.5, 0.6) is 0 Å². The highest BCUT2D eigenvalue weighted by molar-refractivity contribution is 4.92. The maximum absolute atomic E-state index is 6.72. The van der Waals surface area contributed by atoms with E-state index >= 15 is 0 Å². The van der Waals surface area contributed by atoms with Crippen molar-refractivity contribution < 1.29 is 0 Å². The highest BCUT2D eigenvalue weighted by atomic mass is 15.3. The molecule has 0 aliphatic carbocycles. The number of piperidine rings is 1. The van der Waals surface area contributed by atoms with Crippen LogP contribution in [0.25, 0.3) is 0 Å². The Hall–Kier alpha value is -0.160. The molecular formula is C16H34N4. The van der Waals surface area contributed by atoms with Gasteiger partial charge in [-0.3, -0.25) is 4.90 Å². The molecule has 0 radical (unpaired) electrons. The van der Waals surface area contributed by atoms with Gasteiger partial charge in [-0.25, -0.2) is 0 Å². The average molecular weight is 282 g/mol. The number of likely N-dealkylation sites (N-methyl/N-ethyl adjacent to an activating group) is 1. The summed E-state index contributed by atoms with van der Waals surface area (Å²) >= 11 is 0. The lowest BCUT2D eigenvalue weighted by molar-refractivity contribution is 0.00497. The summed E-state index contributed by atoms with van der Waals surface area (Å²) in [5.74, 6) is 0.805. The van der Waals surface area contributed by atoms with Crippen molar-refractivity contribution in [2.45, 2.75) is 45.7 Å². The van der Waals surface area contributed by atoms with Crippen LogP contribution in [0.4, 0.5) is 0 Å². The van der Waals surface area contributed by atoms with Crippen LogP contribution in [0.15, 0.2) is 0 Å². The second-order valence-electron chi connectivity index (χ2n) is 7.84. The Kier molecular flexibility index (Phi) is 5.11. The van der Waals surface area contributed by atoms with Crippen LogP contribution in [0, 0.1) is 11.3 Å². The molecule has 4 heteroatoms. The fraction of sp³-hybridized carbons (Fsp3) is 1.00. The Morgan fingerprint density at radius 3 is 2.15 bits per heavy atom. The zero-order valence-electron chi connectivity index (χ0n) is 13.9. The van der Waals surface area contributed by atoms with E-state index < -0.39 is 0 Å². The molecule has 4 nitrogen and oxygen atoms in total. The molecule has 0 saturated carbocycles. The molecule has 0 aromatic carbocycles. The molecule has 3 N–H and O–H groups in total. The summed E-state index contributed by atoms with van der Waals surface area (Å²) in [4.78, 5) is 4.89. The van der Waals surface area contributed by atoms with Gasteiger partial charge in [0.25, 0.3) is 0 Å². The SMILES string of the molecule is CN1CCN(C(C)(N)CC(C)(C)C2CCNCC2)CC1. The molecule has 0 aromatic heterocycles. The van der Waals surface area contributed by atoms with Gasteiger partial charge in [-0.15, -0.1) is 0 Å². The molecule has 1 atom stereocenters. The number of nitrogens with one attached hydrogen (secondary N) is 1. The lowest BCUT2D eigenvalue weighted by Crippen LogP contribution is -2.61. The van der Waals surface area contributed by atoms with Crippen LogP contribution in [-0.4, -0.2) is 61.8 Å². The Morgan fingerprint density at radius 1 is 1.05 bits per heavy atom. The molecule has 2 aliphatic heterocycles. The van der Waals surface area contributed by atoms with E-state index in [0.717, 1.165) is 38.5 Å². The Balaban J connectivity index is 1.95. The summed E-state index contributed by atoms with van der Waals surface area (Å²) in [6, 6.07) is 0. The zero-order valence-corrected chi connectivity index (χ0v) is 13.9. The van der Waals surface area contributed by atoms with E-state index in [1.165, 1.54) is 25.9 Å². The van der Waals surface area contributed by atoms with E-state index in [1.807, 2.05) is 0 Å². The second-order valence-corrected chi connectivity index (χ2v) is 7.84. The molecule has 2 fully saturated rings. The minimum Gasteiger partial charge on any atom is -0.317 e. The van der Waals surface area contributed by atoms with Gasteiger partial charge in [0.2, 0.25) is 0 Å². The van der Waals surface area contributed by atoms with Crippen molar-refractivity contribution in [2.24, 2.45) is 17.1 Å². The molecule has 0 spiro atoms. The lowest BCUT2D eigenvalue weighted by atomic mass is 9.69. The molecule has 2 saturated heterocycles. The zero-order chi connectivity index (χ0) is 14.8. The Morgan fingerprint density at radius 2 is 1.60 bits per heavy atom. The molecule has 1 unspecified atom stereocenters. The van der Waals surface area contributed by atoms with Gasteiger partial charge in [-0.2, -0.15) is 0 Å². The van der Waals surface area contributed by atoms with Crippen molar-refractivity contribution in [3.63, 3.8) is 0 Å². The molecule has 0 aromatic rings. The standard InChI is InChI=1S/C16H34N4/c1-15(2,14-5-7-18-8-6-14)13-16(3,17)20-11-9-19(4)10-12-20/h14,18H,5-13,17H2,1-4H3. The highest BCUT2D eigenvalue weighted by Crippen LogP contribution is 2.40. The van der Waals surface area contributed by atoms with Gasteiger partial charge in [-0.05, 0) is 57.7 Å². The van der Waals surface area contributed by atoms with E-state index in [4.69, 9.17) is 5.73 Å². The topological polar surface area (TPSA) is 44.5 Å². The van der Waals surface area contributed by atoms with Crippen LogP contribution in [0.1, 0.15) is 40.0 Å². The van der Waals surface area contributed by atoms with E-state index in [0.29, 0.717) is 5.41 Å². The van der Waals surface area contributed by atoms with E-state index in [2.05, 4.69) is 42.9 Å². The highest BCUT2D eigenvalue weighted by Gasteiger charge is 2.39. The van der Waals surface area contributed by atoms with Crippen molar-refractivity contribution in [2.75, 3.05) is 46.3 Å². The van der Waals surface area contributed by atoms with Crippen LogP contribution in [0.3, 0.4) is 0 Å². The summed E-state index contributed by atoms with van der Waals surface area (Å²) in [5.41, 5.74) is 6.88. The maximum atomic E-state index is 6.72. The fourth-order valence-electron chi connectivity index (χ4n) is 4.10. The summed E-state index contributed by atoms with van der Waals surface area (Å²) in [7, 11) is 2.20. The smallest absolute Gasteiger partial charge is 0.0664 e. The van der Waals surface area contributed by atoms with E-state index in [9.17, 15) is 0 Å². The third kappa shape index (κ3) is 3.94. The second kappa shape index (κ2) is 6.30. The number of piperazine rings is 1. The molecular weight excluding hydrogens is 248 g/mol. The minimum absolute atomic E-state index is 0.171. The first-order valence-electron chi connectivity index (χ1n) is 8.24. The first-order valence-corrected chi connectivity index (χ1v) is 8.24. The predicted molar refractivity (Wildman–Crippen MR) is 85.7 cm³/mol. The number of hydrogen-bond donors (Lipinski definition) is 2.